The van der Waals surface area contributed by atoms with E-state index in [4.69, 9.17) is 5.73 Å². The predicted octanol–water partition coefficient (Wildman–Crippen LogP) is 1.24. The molecule has 0 atom stereocenters. The van der Waals surface area contributed by atoms with E-state index in [-0.39, 0.29) is 22.7 Å². The molecule has 2 rings (SSSR count). The molecular formula is C13H17FN4O2S. The summed E-state index contributed by atoms with van der Waals surface area (Å²) in [5.74, 6) is -0.645. The van der Waals surface area contributed by atoms with Crippen LogP contribution in [0.5, 0.6) is 0 Å². The van der Waals surface area contributed by atoms with Gasteiger partial charge in [0.25, 0.3) is 0 Å². The zero-order chi connectivity index (χ0) is 15.8. The van der Waals surface area contributed by atoms with Gasteiger partial charge in [-0.15, -0.1) is 0 Å². The second-order valence-corrected chi connectivity index (χ2v) is 6.62. The smallest absolute Gasteiger partial charge is 0.241 e. The summed E-state index contributed by atoms with van der Waals surface area (Å²) >= 11 is 0. The summed E-state index contributed by atoms with van der Waals surface area (Å²) in [6.07, 6.45) is 1.72. The molecule has 114 valence electrons. The molecule has 0 spiro atoms. The van der Waals surface area contributed by atoms with E-state index in [1.54, 1.807) is 24.9 Å². The van der Waals surface area contributed by atoms with Gasteiger partial charge >= 0.3 is 0 Å². The van der Waals surface area contributed by atoms with Crippen molar-refractivity contribution >= 4 is 15.7 Å². The van der Waals surface area contributed by atoms with Gasteiger partial charge in [0.2, 0.25) is 10.0 Å². The number of nitrogens with one attached hydrogen (secondary N) is 1. The average molecular weight is 312 g/mol. The van der Waals surface area contributed by atoms with E-state index in [9.17, 15) is 12.8 Å². The lowest BCUT2D eigenvalue weighted by molar-refractivity contribution is 0.576. The monoisotopic (exact) mass is 312 g/mol. The molecule has 8 heteroatoms. The fourth-order valence-electron chi connectivity index (χ4n) is 1.91. The zero-order valence-electron chi connectivity index (χ0n) is 12.0. The molecule has 6 nitrogen and oxygen atoms in total. The molecule has 0 saturated carbocycles. The largest absolute Gasteiger partial charge is 0.398 e. The third kappa shape index (κ3) is 3.22. The Balaban J connectivity index is 2.25. The molecule has 0 saturated heterocycles. The predicted molar refractivity (Wildman–Crippen MR) is 77.5 cm³/mol. The molecular weight excluding hydrogens is 295 g/mol. The number of aromatic nitrogens is 2. The maximum Gasteiger partial charge on any atom is 0.241 e. The van der Waals surface area contributed by atoms with Gasteiger partial charge in [-0.2, -0.15) is 5.10 Å². The van der Waals surface area contributed by atoms with Gasteiger partial charge in [0.05, 0.1) is 10.6 Å². The first-order valence-electron chi connectivity index (χ1n) is 6.25. The number of hydrogen-bond donors (Lipinski definition) is 2. The van der Waals surface area contributed by atoms with Gasteiger partial charge in [0, 0.05) is 36.6 Å². The molecule has 0 fully saturated rings. The number of nitrogens with two attached hydrogens (primary N) is 1. The number of sulfonamides is 1. The van der Waals surface area contributed by atoms with Crippen molar-refractivity contribution in [1.82, 2.24) is 14.5 Å². The lowest BCUT2D eigenvalue weighted by atomic mass is 10.2. The molecule has 0 amide bonds. The number of halogens is 1. The summed E-state index contributed by atoms with van der Waals surface area (Å²) in [5.41, 5.74) is 7.43. The Morgan fingerprint density at radius 3 is 2.57 bits per heavy atom. The Kier molecular flexibility index (Phi) is 4.02. The molecule has 2 aromatic rings. The van der Waals surface area contributed by atoms with Gasteiger partial charge in [-0.1, -0.05) is 0 Å². The van der Waals surface area contributed by atoms with Crippen LogP contribution in [0.25, 0.3) is 0 Å². The van der Waals surface area contributed by atoms with Gasteiger partial charge in [-0.3, -0.25) is 4.68 Å². The van der Waals surface area contributed by atoms with E-state index in [1.807, 2.05) is 0 Å². The van der Waals surface area contributed by atoms with Gasteiger partial charge < -0.3 is 5.73 Å². The molecule has 0 unspecified atom stereocenters. The van der Waals surface area contributed by atoms with Crippen LogP contribution < -0.4 is 10.5 Å². The molecule has 0 aliphatic carbocycles. The van der Waals surface area contributed by atoms with Crippen molar-refractivity contribution in [3.05, 3.63) is 41.0 Å². The van der Waals surface area contributed by atoms with E-state index in [0.29, 0.717) is 0 Å². The molecule has 1 aromatic heterocycles. The highest BCUT2D eigenvalue weighted by Gasteiger charge is 2.18. The van der Waals surface area contributed by atoms with Crippen LogP contribution in [-0.4, -0.2) is 18.2 Å². The Morgan fingerprint density at radius 2 is 2.05 bits per heavy atom. The van der Waals surface area contributed by atoms with Crippen molar-refractivity contribution in [3.8, 4) is 0 Å². The lowest BCUT2D eigenvalue weighted by Crippen LogP contribution is -2.23. The second kappa shape index (κ2) is 5.45. The summed E-state index contributed by atoms with van der Waals surface area (Å²) in [4.78, 5) is -0.190. The van der Waals surface area contributed by atoms with Crippen molar-refractivity contribution in [3.63, 3.8) is 0 Å². The third-order valence-corrected chi connectivity index (χ3v) is 4.62. The van der Waals surface area contributed by atoms with E-state index in [2.05, 4.69) is 9.82 Å². The number of rotatable bonds is 4. The summed E-state index contributed by atoms with van der Waals surface area (Å²) in [7, 11) is -2.08. The fraction of sp³-hybridized carbons (Fsp3) is 0.308. The number of benzene rings is 1. The number of nitrogen functional groups attached to an aromatic ring is 1. The van der Waals surface area contributed by atoms with E-state index < -0.39 is 15.8 Å². The Bertz CT molecular complexity index is 760. The Labute approximate surface area is 122 Å². The van der Waals surface area contributed by atoms with Gasteiger partial charge in [0.1, 0.15) is 5.82 Å². The van der Waals surface area contributed by atoms with Crippen LogP contribution in [0.4, 0.5) is 10.1 Å². The van der Waals surface area contributed by atoms with E-state index in [1.165, 1.54) is 13.0 Å². The fourth-order valence-corrected chi connectivity index (χ4v) is 2.96. The number of aryl methyl sites for hydroxylation is 2. The molecule has 21 heavy (non-hydrogen) atoms. The topological polar surface area (TPSA) is 90.0 Å². The second-order valence-electron chi connectivity index (χ2n) is 4.86. The molecule has 3 N–H and O–H groups in total. The van der Waals surface area contributed by atoms with Crippen molar-refractivity contribution < 1.29 is 12.8 Å². The first-order valence-corrected chi connectivity index (χ1v) is 7.73. The van der Waals surface area contributed by atoms with Crippen molar-refractivity contribution in [2.45, 2.75) is 25.3 Å². The van der Waals surface area contributed by atoms with Crippen molar-refractivity contribution in [1.29, 1.82) is 0 Å². The number of nitrogens with zero attached hydrogens (tertiary/aromatic N) is 2. The molecule has 1 heterocycles. The highest BCUT2D eigenvalue weighted by Crippen LogP contribution is 2.21. The Hall–Kier alpha value is -1.93. The number of anilines is 1. The SMILES string of the molecule is Cc1nn(C)cc1CNS(=O)(=O)c1cc(N)c(C)c(F)c1. The standard InChI is InChI=1S/C13H17FN4O2S/c1-8-12(14)4-11(5-13(8)15)21(19,20)16-6-10-7-18(3)17-9(10)2/h4-5,7,16H,6,15H2,1-3H3. The van der Waals surface area contributed by atoms with Crippen LogP contribution in [0.2, 0.25) is 0 Å². The quantitative estimate of drug-likeness (QED) is 0.831. The summed E-state index contributed by atoms with van der Waals surface area (Å²) < 4.78 is 42.0. The van der Waals surface area contributed by atoms with Gasteiger partial charge in [-0.05, 0) is 26.0 Å². The summed E-state index contributed by atoms with van der Waals surface area (Å²) in [6.45, 7) is 3.36. The van der Waals surface area contributed by atoms with Gasteiger partial charge in [-0.25, -0.2) is 17.5 Å². The number of hydrogen-bond acceptors (Lipinski definition) is 4. The highest BCUT2D eigenvalue weighted by atomic mass is 32.2. The highest BCUT2D eigenvalue weighted by molar-refractivity contribution is 7.89. The Morgan fingerprint density at radius 1 is 1.38 bits per heavy atom. The maximum absolute atomic E-state index is 13.6. The van der Waals surface area contributed by atoms with Crippen LogP contribution >= 0.6 is 0 Å². The van der Waals surface area contributed by atoms with Crippen LogP contribution in [0.1, 0.15) is 16.8 Å². The first-order chi connectivity index (χ1) is 9.70. The van der Waals surface area contributed by atoms with Crippen LogP contribution in [-0.2, 0) is 23.6 Å². The van der Waals surface area contributed by atoms with Crippen LogP contribution in [0.15, 0.2) is 23.2 Å². The van der Waals surface area contributed by atoms with E-state index in [0.717, 1.165) is 17.3 Å². The molecule has 0 aliphatic rings. The van der Waals surface area contributed by atoms with E-state index >= 15 is 0 Å². The molecule has 0 bridgehead atoms. The van der Waals surface area contributed by atoms with Crippen LogP contribution in [0, 0.1) is 19.7 Å². The first kappa shape index (κ1) is 15.5. The third-order valence-electron chi connectivity index (χ3n) is 3.24. The van der Waals surface area contributed by atoms with Crippen LogP contribution in [0.3, 0.4) is 0 Å². The minimum atomic E-state index is -3.83. The van der Waals surface area contributed by atoms with Crippen molar-refractivity contribution in [2.75, 3.05) is 5.73 Å². The minimum Gasteiger partial charge on any atom is -0.398 e. The zero-order valence-corrected chi connectivity index (χ0v) is 12.8. The minimum absolute atomic E-state index is 0.0808. The summed E-state index contributed by atoms with van der Waals surface area (Å²) in [5, 5.41) is 4.13. The molecule has 1 aromatic carbocycles. The average Bonchev–Trinajstić information content (AvgIpc) is 2.71. The maximum atomic E-state index is 13.6. The van der Waals surface area contributed by atoms with Crippen molar-refractivity contribution in [2.24, 2.45) is 7.05 Å². The lowest BCUT2D eigenvalue weighted by Gasteiger charge is -2.09. The summed E-state index contributed by atoms with van der Waals surface area (Å²) in [6, 6.07) is 2.21. The molecule has 0 aliphatic heterocycles. The normalized spacial score (nSPS) is 11.8. The molecule has 0 radical (unpaired) electrons. The van der Waals surface area contributed by atoms with Gasteiger partial charge in [0.15, 0.2) is 0 Å².